The van der Waals surface area contributed by atoms with Crippen LogP contribution in [0, 0.1) is 23.7 Å². The lowest BCUT2D eigenvalue weighted by atomic mass is 9.77. The maximum atomic E-state index is 3.34. The molecule has 0 aliphatic heterocycles. The molecule has 0 aromatic heterocycles. The minimum atomic E-state index is 0.940. The summed E-state index contributed by atoms with van der Waals surface area (Å²) in [5.74, 6) is 8.62. The molecular formula is C36H50. The molecule has 1 aliphatic rings. The summed E-state index contributed by atoms with van der Waals surface area (Å²) in [6.07, 6.45) is 26.7. The van der Waals surface area contributed by atoms with Gasteiger partial charge in [-0.3, -0.25) is 0 Å². The van der Waals surface area contributed by atoms with Gasteiger partial charge in [-0.25, -0.2) is 0 Å². The molecule has 2 aromatic carbocycles. The number of rotatable bonds is 14. The van der Waals surface area contributed by atoms with Crippen molar-refractivity contribution in [2.24, 2.45) is 11.8 Å². The molecule has 36 heavy (non-hydrogen) atoms. The summed E-state index contributed by atoms with van der Waals surface area (Å²) in [5, 5.41) is 0. The van der Waals surface area contributed by atoms with E-state index in [0.29, 0.717) is 0 Å². The Labute approximate surface area is 223 Å². The molecule has 2 aromatic rings. The van der Waals surface area contributed by atoms with Crippen LogP contribution in [-0.2, 0) is 6.42 Å². The summed E-state index contributed by atoms with van der Waals surface area (Å²) >= 11 is 0. The molecule has 0 radical (unpaired) electrons. The molecule has 0 nitrogen and oxygen atoms in total. The Morgan fingerprint density at radius 1 is 0.639 bits per heavy atom. The first-order valence-corrected chi connectivity index (χ1v) is 15.1. The van der Waals surface area contributed by atoms with Gasteiger partial charge in [0.1, 0.15) is 0 Å². The third-order valence-electron chi connectivity index (χ3n) is 8.02. The summed E-state index contributed by atoms with van der Waals surface area (Å²) in [6, 6.07) is 17.6. The lowest BCUT2D eigenvalue weighted by Gasteiger charge is -2.28. The molecule has 0 heterocycles. The van der Waals surface area contributed by atoms with Gasteiger partial charge in [0.2, 0.25) is 0 Å². The van der Waals surface area contributed by atoms with Crippen LogP contribution in [0.5, 0.6) is 0 Å². The van der Waals surface area contributed by atoms with Gasteiger partial charge in [-0.15, -0.1) is 0 Å². The third-order valence-corrected chi connectivity index (χ3v) is 8.02. The first-order valence-electron chi connectivity index (χ1n) is 15.1. The topological polar surface area (TPSA) is 0 Å². The van der Waals surface area contributed by atoms with Gasteiger partial charge in [0.25, 0.3) is 0 Å². The minimum absolute atomic E-state index is 0.940. The van der Waals surface area contributed by atoms with Gasteiger partial charge in [0.15, 0.2) is 0 Å². The summed E-state index contributed by atoms with van der Waals surface area (Å²) in [7, 11) is 0. The number of benzene rings is 2. The Hall–Kier alpha value is -2.26. The van der Waals surface area contributed by atoms with Crippen LogP contribution in [0.2, 0.25) is 0 Å². The van der Waals surface area contributed by atoms with E-state index in [1.807, 2.05) is 0 Å². The second kappa shape index (κ2) is 17.2. The molecule has 1 saturated carbocycles. The average Bonchev–Trinajstić information content (AvgIpc) is 2.92. The van der Waals surface area contributed by atoms with Crippen LogP contribution >= 0.6 is 0 Å². The van der Waals surface area contributed by atoms with Gasteiger partial charge < -0.3 is 0 Å². The lowest BCUT2D eigenvalue weighted by Crippen LogP contribution is -2.15. The number of hydrogen-bond acceptors (Lipinski definition) is 0. The van der Waals surface area contributed by atoms with Gasteiger partial charge >= 0.3 is 0 Å². The first kappa shape index (κ1) is 28.3. The second-order valence-electron chi connectivity index (χ2n) is 11.1. The fraction of sp³-hybridized carbons (Fsp3) is 0.556. The normalized spacial score (nSPS) is 17.7. The Balaban J connectivity index is 1.34. The van der Waals surface area contributed by atoms with Crippen molar-refractivity contribution in [3.63, 3.8) is 0 Å². The Kier molecular flexibility index (Phi) is 13.6. The van der Waals surface area contributed by atoms with Crippen molar-refractivity contribution in [1.29, 1.82) is 0 Å². The van der Waals surface area contributed by atoms with E-state index in [4.69, 9.17) is 0 Å². The largest absolute Gasteiger partial charge is 0.0839 e. The number of allylic oxidation sites excluding steroid dienone is 1. The van der Waals surface area contributed by atoms with Crippen LogP contribution in [0.25, 0.3) is 6.08 Å². The van der Waals surface area contributed by atoms with Gasteiger partial charge in [0, 0.05) is 11.1 Å². The zero-order valence-corrected chi connectivity index (χ0v) is 23.2. The van der Waals surface area contributed by atoms with Crippen LogP contribution in [0.15, 0.2) is 54.6 Å². The second-order valence-corrected chi connectivity index (χ2v) is 11.1. The monoisotopic (exact) mass is 482 g/mol. The first-order chi connectivity index (χ1) is 17.8. The van der Waals surface area contributed by atoms with Gasteiger partial charge in [-0.1, -0.05) is 146 Å². The van der Waals surface area contributed by atoms with Crippen molar-refractivity contribution in [2.75, 3.05) is 0 Å². The summed E-state index contributed by atoms with van der Waals surface area (Å²) in [6.45, 7) is 4.54. The van der Waals surface area contributed by atoms with Crippen molar-refractivity contribution in [2.45, 2.75) is 117 Å². The van der Waals surface area contributed by atoms with Crippen molar-refractivity contribution < 1.29 is 0 Å². The molecule has 0 saturated heterocycles. The van der Waals surface area contributed by atoms with Crippen LogP contribution in [0.1, 0.15) is 132 Å². The van der Waals surface area contributed by atoms with Crippen molar-refractivity contribution in [3.05, 3.63) is 76.9 Å². The molecule has 3 rings (SSSR count). The maximum absolute atomic E-state index is 3.34. The summed E-state index contributed by atoms with van der Waals surface area (Å²) < 4.78 is 0. The summed E-state index contributed by atoms with van der Waals surface area (Å²) in [4.78, 5) is 0. The molecule has 1 aliphatic carbocycles. The molecular weight excluding hydrogens is 432 g/mol. The number of aryl methyl sites for hydroxylation is 1. The van der Waals surface area contributed by atoms with Crippen LogP contribution < -0.4 is 0 Å². The minimum Gasteiger partial charge on any atom is -0.0839 e. The predicted molar refractivity (Wildman–Crippen MR) is 159 cm³/mol. The zero-order valence-electron chi connectivity index (χ0n) is 23.2. The average molecular weight is 483 g/mol. The number of hydrogen-bond donors (Lipinski definition) is 0. The standard InChI is InChI=1S/C36H50/c1-3-5-7-9-10-12-14-32-17-21-34(22-18-32)24-26-36-29-27-35(28-30-36)25-23-33-19-15-31(16-20-33)13-11-8-6-4-2/h11,13,15-16,19-20,27-30,32,34H,3-10,12,14,17-18,21-22,24,26H2,1-2H3/b13-11+. The maximum Gasteiger partial charge on any atom is 0.0249 e. The molecule has 0 bridgehead atoms. The molecule has 194 valence electrons. The van der Waals surface area contributed by atoms with E-state index in [1.165, 1.54) is 107 Å². The molecule has 0 heteroatoms. The van der Waals surface area contributed by atoms with Gasteiger partial charge in [-0.2, -0.15) is 0 Å². The molecule has 0 amide bonds. The molecule has 0 N–H and O–H groups in total. The number of unbranched alkanes of at least 4 members (excludes halogenated alkanes) is 7. The van der Waals surface area contributed by atoms with Crippen LogP contribution in [0.4, 0.5) is 0 Å². The Morgan fingerprint density at radius 2 is 1.19 bits per heavy atom. The quantitative estimate of drug-likeness (QED) is 0.185. The molecule has 0 unspecified atom stereocenters. The van der Waals surface area contributed by atoms with E-state index in [2.05, 4.69) is 86.4 Å². The van der Waals surface area contributed by atoms with E-state index < -0.39 is 0 Å². The Bertz CT molecular complexity index is 911. The highest BCUT2D eigenvalue weighted by atomic mass is 14.3. The van der Waals surface area contributed by atoms with Crippen molar-refractivity contribution in [3.8, 4) is 11.8 Å². The zero-order chi connectivity index (χ0) is 25.3. The van der Waals surface area contributed by atoms with Crippen LogP contribution in [0.3, 0.4) is 0 Å². The predicted octanol–water partition coefficient (Wildman–Crippen LogP) is 10.8. The third kappa shape index (κ3) is 11.2. The molecule has 0 atom stereocenters. The molecule has 0 spiro atoms. The van der Waals surface area contributed by atoms with E-state index in [1.54, 1.807) is 0 Å². The molecule has 1 fully saturated rings. The van der Waals surface area contributed by atoms with Gasteiger partial charge in [-0.05, 0) is 66.5 Å². The Morgan fingerprint density at radius 3 is 1.83 bits per heavy atom. The van der Waals surface area contributed by atoms with E-state index in [0.717, 1.165) is 29.4 Å². The lowest BCUT2D eigenvalue weighted by molar-refractivity contribution is 0.248. The highest BCUT2D eigenvalue weighted by Crippen LogP contribution is 2.34. The SMILES string of the molecule is CCCC/C=C/c1ccc(C#Cc2ccc(CCC3CCC(CCCCCCCC)CC3)cc2)cc1. The van der Waals surface area contributed by atoms with E-state index >= 15 is 0 Å². The highest BCUT2D eigenvalue weighted by molar-refractivity contribution is 5.52. The smallest absolute Gasteiger partial charge is 0.0249 e. The fourth-order valence-electron chi connectivity index (χ4n) is 5.51. The fourth-order valence-corrected chi connectivity index (χ4v) is 5.51. The van der Waals surface area contributed by atoms with Crippen molar-refractivity contribution >= 4 is 6.08 Å². The van der Waals surface area contributed by atoms with Gasteiger partial charge in [0.05, 0.1) is 0 Å². The van der Waals surface area contributed by atoms with Crippen LogP contribution in [-0.4, -0.2) is 0 Å². The van der Waals surface area contributed by atoms with E-state index in [9.17, 15) is 0 Å². The summed E-state index contributed by atoms with van der Waals surface area (Å²) in [5.41, 5.74) is 4.91. The van der Waals surface area contributed by atoms with Crippen molar-refractivity contribution in [1.82, 2.24) is 0 Å². The van der Waals surface area contributed by atoms with E-state index in [-0.39, 0.29) is 0 Å². The highest BCUT2D eigenvalue weighted by Gasteiger charge is 2.20.